The second kappa shape index (κ2) is 6.61. The highest BCUT2D eigenvalue weighted by atomic mass is 19.4. The number of halogens is 3. The van der Waals surface area contributed by atoms with Gasteiger partial charge >= 0.3 is 6.18 Å². The molecule has 0 radical (unpaired) electrons. The summed E-state index contributed by atoms with van der Waals surface area (Å²) in [5.74, 6) is 0. The standard InChI is InChI=1S/C12H16F3NO/c1-2-16-7-10-3-5-11(6-4-10)8-17-9-12(13,14)15/h3-6,16H,2,7-9H2,1H3. The van der Waals surface area contributed by atoms with E-state index in [-0.39, 0.29) is 6.61 Å². The Labute approximate surface area is 98.8 Å². The Hall–Kier alpha value is -1.07. The molecule has 1 rings (SSSR count). The minimum Gasteiger partial charge on any atom is -0.367 e. The molecule has 0 fully saturated rings. The van der Waals surface area contributed by atoms with Gasteiger partial charge in [-0.25, -0.2) is 0 Å². The van der Waals surface area contributed by atoms with Crippen molar-refractivity contribution >= 4 is 0 Å². The predicted molar refractivity (Wildman–Crippen MR) is 59.5 cm³/mol. The zero-order valence-electron chi connectivity index (χ0n) is 9.68. The molecule has 1 aromatic rings. The van der Waals surface area contributed by atoms with Gasteiger partial charge < -0.3 is 10.1 Å². The first-order chi connectivity index (χ1) is 8.01. The largest absolute Gasteiger partial charge is 0.411 e. The molecular weight excluding hydrogens is 231 g/mol. The summed E-state index contributed by atoms with van der Waals surface area (Å²) >= 11 is 0. The smallest absolute Gasteiger partial charge is 0.367 e. The van der Waals surface area contributed by atoms with Crippen molar-refractivity contribution in [2.24, 2.45) is 0 Å². The van der Waals surface area contributed by atoms with Crippen molar-refractivity contribution < 1.29 is 17.9 Å². The lowest BCUT2D eigenvalue weighted by molar-refractivity contribution is -0.176. The van der Waals surface area contributed by atoms with Crippen LogP contribution in [0.4, 0.5) is 13.2 Å². The molecule has 5 heteroatoms. The molecule has 0 heterocycles. The van der Waals surface area contributed by atoms with Gasteiger partial charge in [0, 0.05) is 6.54 Å². The van der Waals surface area contributed by atoms with Crippen LogP contribution < -0.4 is 5.32 Å². The molecule has 96 valence electrons. The lowest BCUT2D eigenvalue weighted by atomic mass is 10.1. The number of hydrogen-bond donors (Lipinski definition) is 1. The summed E-state index contributed by atoms with van der Waals surface area (Å²) < 4.78 is 40.1. The van der Waals surface area contributed by atoms with E-state index < -0.39 is 12.8 Å². The fourth-order valence-electron chi connectivity index (χ4n) is 1.31. The second-order valence-corrected chi connectivity index (χ2v) is 3.70. The summed E-state index contributed by atoms with van der Waals surface area (Å²) in [5, 5.41) is 3.17. The van der Waals surface area contributed by atoms with Crippen molar-refractivity contribution in [3.05, 3.63) is 35.4 Å². The van der Waals surface area contributed by atoms with Gasteiger partial charge in [-0.2, -0.15) is 13.2 Å². The van der Waals surface area contributed by atoms with E-state index in [9.17, 15) is 13.2 Å². The van der Waals surface area contributed by atoms with Gasteiger partial charge in [-0.05, 0) is 17.7 Å². The van der Waals surface area contributed by atoms with Gasteiger partial charge in [0.05, 0.1) is 6.61 Å². The molecular formula is C12H16F3NO. The zero-order chi connectivity index (χ0) is 12.7. The Morgan fingerprint density at radius 2 is 1.71 bits per heavy atom. The summed E-state index contributed by atoms with van der Waals surface area (Å²) in [6, 6.07) is 7.33. The van der Waals surface area contributed by atoms with Crippen LogP contribution in [0.1, 0.15) is 18.1 Å². The molecule has 0 bridgehead atoms. The van der Waals surface area contributed by atoms with Crippen LogP contribution in [-0.4, -0.2) is 19.3 Å². The fraction of sp³-hybridized carbons (Fsp3) is 0.500. The molecule has 0 saturated heterocycles. The molecule has 1 N–H and O–H groups in total. The number of benzene rings is 1. The predicted octanol–water partition coefficient (Wildman–Crippen LogP) is 2.88. The monoisotopic (exact) mass is 247 g/mol. The highest BCUT2D eigenvalue weighted by molar-refractivity contribution is 5.21. The Bertz CT molecular complexity index is 322. The van der Waals surface area contributed by atoms with Crippen LogP contribution in [0.2, 0.25) is 0 Å². The van der Waals surface area contributed by atoms with Crippen molar-refractivity contribution in [3.63, 3.8) is 0 Å². The van der Waals surface area contributed by atoms with Crippen LogP contribution in [0.3, 0.4) is 0 Å². The van der Waals surface area contributed by atoms with E-state index in [1.54, 1.807) is 12.1 Å². The molecule has 0 aliphatic heterocycles. The minimum absolute atomic E-state index is 0.0129. The summed E-state index contributed by atoms with van der Waals surface area (Å²) in [6.07, 6.45) is -4.26. The Kier molecular flexibility index (Phi) is 5.44. The lowest BCUT2D eigenvalue weighted by Crippen LogP contribution is -2.16. The van der Waals surface area contributed by atoms with E-state index in [2.05, 4.69) is 10.1 Å². The third kappa shape index (κ3) is 6.28. The number of nitrogens with one attached hydrogen (secondary N) is 1. The van der Waals surface area contributed by atoms with Gasteiger partial charge in [0.2, 0.25) is 0 Å². The maximum absolute atomic E-state index is 11.8. The van der Waals surface area contributed by atoms with Crippen molar-refractivity contribution in [1.29, 1.82) is 0 Å². The molecule has 0 amide bonds. The highest BCUT2D eigenvalue weighted by Gasteiger charge is 2.27. The molecule has 0 aromatic heterocycles. The van der Waals surface area contributed by atoms with E-state index in [1.165, 1.54) is 0 Å². The minimum atomic E-state index is -4.26. The summed E-state index contributed by atoms with van der Waals surface area (Å²) in [4.78, 5) is 0. The first-order valence-electron chi connectivity index (χ1n) is 5.44. The van der Waals surface area contributed by atoms with E-state index in [0.717, 1.165) is 24.2 Å². The summed E-state index contributed by atoms with van der Waals surface area (Å²) in [6.45, 7) is 2.45. The molecule has 0 spiro atoms. The molecule has 2 nitrogen and oxygen atoms in total. The van der Waals surface area contributed by atoms with E-state index in [0.29, 0.717) is 0 Å². The third-order valence-corrected chi connectivity index (χ3v) is 2.14. The van der Waals surface area contributed by atoms with Crippen molar-refractivity contribution in [2.75, 3.05) is 13.2 Å². The average molecular weight is 247 g/mol. The van der Waals surface area contributed by atoms with Crippen molar-refractivity contribution in [3.8, 4) is 0 Å². The molecule has 0 aliphatic rings. The van der Waals surface area contributed by atoms with Crippen LogP contribution in [-0.2, 0) is 17.9 Å². The number of hydrogen-bond acceptors (Lipinski definition) is 2. The average Bonchev–Trinajstić information content (AvgIpc) is 2.26. The number of alkyl halides is 3. The van der Waals surface area contributed by atoms with Gasteiger partial charge in [-0.3, -0.25) is 0 Å². The second-order valence-electron chi connectivity index (χ2n) is 3.70. The SMILES string of the molecule is CCNCc1ccc(COCC(F)(F)F)cc1. The first-order valence-corrected chi connectivity index (χ1v) is 5.44. The zero-order valence-corrected chi connectivity index (χ0v) is 9.68. The number of rotatable bonds is 6. The van der Waals surface area contributed by atoms with Gasteiger partial charge in [0.15, 0.2) is 0 Å². The summed E-state index contributed by atoms with van der Waals surface area (Å²) in [5.41, 5.74) is 1.85. The topological polar surface area (TPSA) is 21.3 Å². The third-order valence-electron chi connectivity index (χ3n) is 2.14. The van der Waals surface area contributed by atoms with Crippen molar-refractivity contribution in [2.45, 2.75) is 26.3 Å². The lowest BCUT2D eigenvalue weighted by Gasteiger charge is -2.08. The normalized spacial score (nSPS) is 11.8. The Morgan fingerprint density at radius 1 is 1.12 bits per heavy atom. The van der Waals surface area contributed by atoms with Gasteiger partial charge in [-0.1, -0.05) is 31.2 Å². The Morgan fingerprint density at radius 3 is 2.24 bits per heavy atom. The van der Waals surface area contributed by atoms with Gasteiger partial charge in [-0.15, -0.1) is 0 Å². The van der Waals surface area contributed by atoms with Crippen LogP contribution >= 0.6 is 0 Å². The van der Waals surface area contributed by atoms with Crippen LogP contribution in [0.15, 0.2) is 24.3 Å². The summed E-state index contributed by atoms with van der Waals surface area (Å²) in [7, 11) is 0. The van der Waals surface area contributed by atoms with E-state index >= 15 is 0 Å². The maximum Gasteiger partial charge on any atom is 0.411 e. The van der Waals surface area contributed by atoms with Gasteiger partial charge in [0.1, 0.15) is 6.61 Å². The van der Waals surface area contributed by atoms with E-state index in [1.807, 2.05) is 19.1 Å². The Balaban J connectivity index is 2.35. The van der Waals surface area contributed by atoms with Crippen LogP contribution in [0.5, 0.6) is 0 Å². The highest BCUT2D eigenvalue weighted by Crippen LogP contribution is 2.15. The van der Waals surface area contributed by atoms with Gasteiger partial charge in [0.25, 0.3) is 0 Å². The van der Waals surface area contributed by atoms with Crippen molar-refractivity contribution in [1.82, 2.24) is 5.32 Å². The molecule has 0 atom stereocenters. The molecule has 0 unspecified atom stereocenters. The van der Waals surface area contributed by atoms with Crippen LogP contribution in [0, 0.1) is 0 Å². The maximum atomic E-state index is 11.8. The molecule has 17 heavy (non-hydrogen) atoms. The molecule has 0 saturated carbocycles. The molecule has 1 aromatic carbocycles. The number of ether oxygens (including phenoxy) is 1. The fourth-order valence-corrected chi connectivity index (χ4v) is 1.31. The van der Waals surface area contributed by atoms with E-state index in [4.69, 9.17) is 0 Å². The quantitative estimate of drug-likeness (QED) is 0.834. The van der Waals surface area contributed by atoms with Crippen LogP contribution in [0.25, 0.3) is 0 Å². The molecule has 0 aliphatic carbocycles. The first kappa shape index (κ1) is 14.0.